The van der Waals surface area contributed by atoms with Crippen molar-refractivity contribution in [1.29, 1.82) is 0 Å². The van der Waals surface area contributed by atoms with Crippen molar-refractivity contribution in [2.24, 2.45) is 5.41 Å². The summed E-state index contributed by atoms with van der Waals surface area (Å²) in [6.45, 7) is 0. The van der Waals surface area contributed by atoms with Crippen molar-refractivity contribution in [3.8, 4) is 0 Å². The van der Waals surface area contributed by atoms with Crippen LogP contribution >= 0.6 is 0 Å². The highest BCUT2D eigenvalue weighted by Crippen LogP contribution is 2.48. The van der Waals surface area contributed by atoms with Gasteiger partial charge in [0.1, 0.15) is 17.0 Å². The normalized spacial score (nSPS) is 16.2. The van der Waals surface area contributed by atoms with Gasteiger partial charge in [-0.05, 0) is 25.0 Å². The number of carboxylic acid groups (broad SMARTS) is 1. The van der Waals surface area contributed by atoms with Crippen LogP contribution in [0.2, 0.25) is 0 Å². The second-order valence-electron chi connectivity index (χ2n) is 4.35. The predicted molar refractivity (Wildman–Crippen MR) is 59.1 cm³/mol. The van der Waals surface area contributed by atoms with Crippen LogP contribution in [0.15, 0.2) is 18.2 Å². The van der Waals surface area contributed by atoms with E-state index in [4.69, 9.17) is 5.11 Å². The fourth-order valence-electron chi connectivity index (χ4n) is 1.82. The molecule has 18 heavy (non-hydrogen) atoms. The third-order valence-corrected chi connectivity index (χ3v) is 3.14. The third kappa shape index (κ3) is 1.83. The largest absolute Gasteiger partial charge is 0.480 e. The molecular formula is C12H11F2NO3. The van der Waals surface area contributed by atoms with Gasteiger partial charge in [0.2, 0.25) is 5.91 Å². The Morgan fingerprint density at radius 3 is 2.44 bits per heavy atom. The molecule has 0 bridgehead atoms. The zero-order chi connectivity index (χ0) is 13.5. The molecule has 0 heterocycles. The summed E-state index contributed by atoms with van der Waals surface area (Å²) in [4.78, 5) is 23.8. The minimum Gasteiger partial charge on any atom is -0.480 e. The van der Waals surface area contributed by atoms with E-state index in [2.05, 4.69) is 0 Å². The summed E-state index contributed by atoms with van der Waals surface area (Å²) in [5.41, 5.74) is -1.72. The van der Waals surface area contributed by atoms with Gasteiger partial charge in [-0.2, -0.15) is 0 Å². The number of amides is 1. The standard InChI is InChI=1S/C12H11F2NO3/c1-15(9-6-7(13)2-3-8(9)14)10(16)12(4-5-12)11(17)18/h2-3,6H,4-5H2,1H3,(H,17,18). The average Bonchev–Trinajstić information content (AvgIpc) is 3.11. The van der Waals surface area contributed by atoms with E-state index in [-0.39, 0.29) is 18.5 Å². The fraction of sp³-hybridized carbons (Fsp3) is 0.333. The smallest absolute Gasteiger partial charge is 0.319 e. The Morgan fingerprint density at radius 1 is 1.33 bits per heavy atom. The molecule has 0 spiro atoms. The third-order valence-electron chi connectivity index (χ3n) is 3.14. The van der Waals surface area contributed by atoms with Crippen LogP contribution in [0.3, 0.4) is 0 Å². The maximum atomic E-state index is 13.5. The molecule has 0 aliphatic heterocycles. The predicted octanol–water partition coefficient (Wildman–Crippen LogP) is 1.79. The number of rotatable bonds is 3. The Labute approximate surface area is 102 Å². The van der Waals surface area contributed by atoms with Crippen LogP contribution in [-0.2, 0) is 9.59 Å². The lowest BCUT2D eigenvalue weighted by Gasteiger charge is -2.21. The van der Waals surface area contributed by atoms with Gasteiger partial charge < -0.3 is 10.0 Å². The van der Waals surface area contributed by atoms with Crippen LogP contribution in [-0.4, -0.2) is 24.0 Å². The van der Waals surface area contributed by atoms with E-state index in [1.165, 1.54) is 7.05 Å². The van der Waals surface area contributed by atoms with Crippen LogP contribution in [0.1, 0.15) is 12.8 Å². The average molecular weight is 255 g/mol. The molecule has 6 heteroatoms. The molecule has 1 aromatic carbocycles. The molecule has 2 rings (SSSR count). The molecule has 96 valence electrons. The summed E-state index contributed by atoms with van der Waals surface area (Å²) in [6.07, 6.45) is 0.449. The van der Waals surface area contributed by atoms with Crippen molar-refractivity contribution in [2.75, 3.05) is 11.9 Å². The molecule has 1 N–H and O–H groups in total. The minimum absolute atomic E-state index is 0.225. The van der Waals surface area contributed by atoms with E-state index < -0.39 is 28.9 Å². The van der Waals surface area contributed by atoms with Crippen molar-refractivity contribution >= 4 is 17.6 Å². The van der Waals surface area contributed by atoms with Gasteiger partial charge in [0.25, 0.3) is 0 Å². The van der Waals surface area contributed by atoms with Gasteiger partial charge in [-0.1, -0.05) is 0 Å². The Kier molecular flexibility index (Phi) is 2.80. The first-order valence-corrected chi connectivity index (χ1v) is 5.35. The van der Waals surface area contributed by atoms with Crippen LogP contribution < -0.4 is 4.90 Å². The second-order valence-corrected chi connectivity index (χ2v) is 4.35. The lowest BCUT2D eigenvalue weighted by atomic mass is 10.1. The molecule has 1 aliphatic carbocycles. The number of benzene rings is 1. The summed E-state index contributed by atoms with van der Waals surface area (Å²) < 4.78 is 26.5. The quantitative estimate of drug-likeness (QED) is 0.838. The van der Waals surface area contributed by atoms with Crippen LogP contribution in [0, 0.1) is 17.0 Å². The highest BCUT2D eigenvalue weighted by molar-refractivity contribution is 6.11. The topological polar surface area (TPSA) is 57.6 Å². The van der Waals surface area contributed by atoms with Crippen molar-refractivity contribution in [3.05, 3.63) is 29.8 Å². The number of nitrogens with zero attached hydrogens (tertiary/aromatic N) is 1. The van der Waals surface area contributed by atoms with Crippen molar-refractivity contribution < 1.29 is 23.5 Å². The molecule has 1 saturated carbocycles. The maximum absolute atomic E-state index is 13.5. The number of aliphatic carboxylic acids is 1. The zero-order valence-corrected chi connectivity index (χ0v) is 9.61. The highest BCUT2D eigenvalue weighted by atomic mass is 19.1. The van der Waals surface area contributed by atoms with Crippen molar-refractivity contribution in [2.45, 2.75) is 12.8 Å². The van der Waals surface area contributed by atoms with Crippen LogP contribution in [0.25, 0.3) is 0 Å². The van der Waals surface area contributed by atoms with Crippen molar-refractivity contribution in [3.63, 3.8) is 0 Å². The number of hydrogen-bond donors (Lipinski definition) is 1. The van der Waals surface area contributed by atoms with Crippen molar-refractivity contribution in [1.82, 2.24) is 0 Å². The van der Waals surface area contributed by atoms with Gasteiger partial charge in [0.15, 0.2) is 0 Å². The lowest BCUT2D eigenvalue weighted by molar-refractivity contribution is -0.148. The summed E-state index contributed by atoms with van der Waals surface area (Å²) in [6, 6.07) is 2.70. The molecule has 0 radical (unpaired) electrons. The Hall–Kier alpha value is -1.98. The van der Waals surface area contributed by atoms with Gasteiger partial charge in [-0.15, -0.1) is 0 Å². The molecular weight excluding hydrogens is 244 g/mol. The zero-order valence-electron chi connectivity index (χ0n) is 9.61. The summed E-state index contributed by atoms with van der Waals surface area (Å²) in [7, 11) is 1.24. The number of carboxylic acids is 1. The maximum Gasteiger partial charge on any atom is 0.319 e. The molecule has 0 atom stereocenters. The lowest BCUT2D eigenvalue weighted by Crippen LogP contribution is -2.39. The number of halogens is 2. The van der Waals surface area contributed by atoms with Gasteiger partial charge in [-0.25, -0.2) is 8.78 Å². The van der Waals surface area contributed by atoms with E-state index in [1.807, 2.05) is 0 Å². The summed E-state index contributed by atoms with van der Waals surface area (Å²) in [5.74, 6) is -3.41. The molecule has 1 amide bonds. The molecule has 1 aromatic rings. The number of carbonyl (C=O) groups excluding carboxylic acids is 1. The first kappa shape index (κ1) is 12.5. The van der Waals surface area contributed by atoms with Gasteiger partial charge in [0, 0.05) is 13.1 Å². The number of hydrogen-bond acceptors (Lipinski definition) is 2. The Balaban J connectivity index is 2.32. The van der Waals surface area contributed by atoms with E-state index in [0.29, 0.717) is 0 Å². The molecule has 4 nitrogen and oxygen atoms in total. The Bertz CT molecular complexity index is 526. The molecule has 0 saturated heterocycles. The number of carbonyl (C=O) groups is 2. The van der Waals surface area contributed by atoms with Crippen LogP contribution in [0.4, 0.5) is 14.5 Å². The summed E-state index contributed by atoms with van der Waals surface area (Å²) >= 11 is 0. The van der Waals surface area contributed by atoms with Gasteiger partial charge in [-0.3, -0.25) is 9.59 Å². The van der Waals surface area contributed by atoms with E-state index in [1.54, 1.807) is 0 Å². The fourth-order valence-corrected chi connectivity index (χ4v) is 1.82. The minimum atomic E-state index is -1.46. The molecule has 0 aromatic heterocycles. The SMILES string of the molecule is CN(C(=O)C1(C(=O)O)CC1)c1cc(F)ccc1F. The first-order valence-electron chi connectivity index (χ1n) is 5.35. The van der Waals surface area contributed by atoms with Gasteiger partial charge >= 0.3 is 5.97 Å². The molecule has 1 fully saturated rings. The van der Waals surface area contributed by atoms with E-state index in [9.17, 15) is 18.4 Å². The molecule has 1 aliphatic rings. The second kappa shape index (κ2) is 4.04. The van der Waals surface area contributed by atoms with Crippen LogP contribution in [0.5, 0.6) is 0 Å². The van der Waals surface area contributed by atoms with E-state index in [0.717, 1.165) is 23.1 Å². The number of anilines is 1. The van der Waals surface area contributed by atoms with Gasteiger partial charge in [0.05, 0.1) is 5.69 Å². The monoisotopic (exact) mass is 255 g/mol. The first-order chi connectivity index (χ1) is 8.38. The highest BCUT2D eigenvalue weighted by Gasteiger charge is 2.58. The Morgan fingerprint density at radius 2 is 1.94 bits per heavy atom. The summed E-state index contributed by atoms with van der Waals surface area (Å²) in [5, 5.41) is 8.98. The molecule has 0 unspecified atom stereocenters. The van der Waals surface area contributed by atoms with E-state index >= 15 is 0 Å².